The molecule has 1 aliphatic carbocycles. The number of hydrogen-bond donors (Lipinski definition) is 3. The Kier molecular flexibility index (Phi) is 12.2. The number of nitrogens with one attached hydrogen (secondary N) is 3. The third kappa shape index (κ3) is 8.19. The first kappa shape index (κ1) is 33.7. The number of aryl methyl sites for hydroxylation is 1. The summed E-state index contributed by atoms with van der Waals surface area (Å²) >= 11 is 0. The maximum absolute atomic E-state index is 13.8. The lowest BCUT2D eigenvalue weighted by Crippen LogP contribution is -2.44. The van der Waals surface area contributed by atoms with Gasteiger partial charge in [0, 0.05) is 25.6 Å². The quantitative estimate of drug-likeness (QED) is 0.270. The van der Waals surface area contributed by atoms with Crippen LogP contribution in [-0.2, 0) is 20.7 Å². The van der Waals surface area contributed by atoms with Crippen LogP contribution in [0.3, 0.4) is 0 Å². The highest BCUT2D eigenvalue weighted by Crippen LogP contribution is 2.50. The monoisotopic (exact) mass is 597 g/mol. The van der Waals surface area contributed by atoms with E-state index in [9.17, 15) is 14.4 Å². The summed E-state index contributed by atoms with van der Waals surface area (Å²) in [5.74, 6) is 1.03. The van der Waals surface area contributed by atoms with E-state index in [0.29, 0.717) is 60.9 Å². The van der Waals surface area contributed by atoms with Crippen molar-refractivity contribution in [3.05, 3.63) is 45.6 Å². The van der Waals surface area contributed by atoms with Crippen molar-refractivity contribution in [2.24, 2.45) is 5.92 Å². The third-order valence-electron chi connectivity index (χ3n) is 7.79. The van der Waals surface area contributed by atoms with Crippen LogP contribution in [0.1, 0.15) is 71.0 Å². The molecular weight excluding hydrogens is 550 g/mol. The van der Waals surface area contributed by atoms with Crippen molar-refractivity contribution < 1.29 is 28.5 Å². The average Bonchev–Trinajstić information content (AvgIpc) is 3.22. The van der Waals surface area contributed by atoms with Crippen molar-refractivity contribution in [1.29, 1.82) is 0 Å². The molecule has 2 aromatic rings. The Hall–Kier alpha value is -3.79. The fourth-order valence-electron chi connectivity index (χ4n) is 5.41. The lowest BCUT2D eigenvalue weighted by molar-refractivity contribution is -0.123. The Morgan fingerprint density at radius 1 is 1.02 bits per heavy atom. The molecule has 0 aliphatic heterocycles. The molecule has 0 saturated carbocycles. The maximum Gasteiger partial charge on any atom is 0.242 e. The lowest BCUT2D eigenvalue weighted by Gasteiger charge is -2.24. The second kappa shape index (κ2) is 15.6. The van der Waals surface area contributed by atoms with Gasteiger partial charge in [-0.05, 0) is 73.9 Å². The summed E-state index contributed by atoms with van der Waals surface area (Å²) < 4.78 is 22.7. The number of rotatable bonds is 14. The number of carbonyl (C=O) groups is 2. The molecule has 3 N–H and O–H groups in total. The molecule has 3 atom stereocenters. The molecule has 43 heavy (non-hydrogen) atoms. The number of methoxy groups -OCH3 is 3. The molecule has 1 aliphatic rings. The number of fused-ring (bicyclic) bond motifs is 3. The van der Waals surface area contributed by atoms with E-state index >= 15 is 0 Å². The van der Waals surface area contributed by atoms with E-state index in [1.807, 2.05) is 39.8 Å². The van der Waals surface area contributed by atoms with Gasteiger partial charge in [-0.15, -0.1) is 0 Å². The minimum Gasteiger partial charge on any atom is -0.493 e. The van der Waals surface area contributed by atoms with Crippen LogP contribution in [-0.4, -0.2) is 58.4 Å². The molecule has 2 amide bonds. The summed E-state index contributed by atoms with van der Waals surface area (Å²) in [5, 5.41) is 9.25. The fraction of sp³-hybridized carbons (Fsp3) is 0.545. The molecule has 0 aromatic heterocycles. The summed E-state index contributed by atoms with van der Waals surface area (Å²) in [6.45, 7) is 10.4. The first-order valence-corrected chi connectivity index (χ1v) is 15.0. The summed E-state index contributed by atoms with van der Waals surface area (Å²) in [6.07, 6.45) is 2.73. The minimum absolute atomic E-state index is 0.0423. The Morgan fingerprint density at radius 3 is 2.35 bits per heavy atom. The predicted octanol–water partition coefficient (Wildman–Crippen LogP) is 4.62. The summed E-state index contributed by atoms with van der Waals surface area (Å²) in [7, 11) is 4.68. The standard InChI is InChI=1S/C33H47N3O7/c1-9-20(4)30(33(39)34-15-10-16-43-19(2)3)36-26-14-12-23-24(18-27(26)38)25(35-21(5)37)13-11-22-17-28(40-6)31(41-7)32(42-8)29(22)23/h12,14,17-20,25,30H,9-11,13,15-16H2,1-8H3,(H,34,39)(H,35,37)(H,36,38)/t20-,25+,30-/m0/s1. The fourth-order valence-corrected chi connectivity index (χ4v) is 5.41. The van der Waals surface area contributed by atoms with E-state index in [0.717, 1.165) is 23.1 Å². The number of benzene rings is 1. The molecule has 2 aromatic carbocycles. The highest BCUT2D eigenvalue weighted by atomic mass is 16.5. The zero-order valence-electron chi connectivity index (χ0n) is 26.7. The van der Waals surface area contributed by atoms with Gasteiger partial charge in [0.1, 0.15) is 6.04 Å². The van der Waals surface area contributed by atoms with E-state index in [1.165, 1.54) is 6.92 Å². The Morgan fingerprint density at radius 2 is 1.74 bits per heavy atom. The van der Waals surface area contributed by atoms with Crippen LogP contribution >= 0.6 is 0 Å². The topological polar surface area (TPSA) is 124 Å². The molecule has 0 spiro atoms. The van der Waals surface area contributed by atoms with Crippen LogP contribution in [0.4, 0.5) is 5.69 Å². The van der Waals surface area contributed by atoms with E-state index in [2.05, 4.69) is 16.0 Å². The van der Waals surface area contributed by atoms with Gasteiger partial charge in [0.25, 0.3) is 0 Å². The van der Waals surface area contributed by atoms with Gasteiger partial charge in [0.15, 0.2) is 11.5 Å². The average molecular weight is 598 g/mol. The van der Waals surface area contributed by atoms with Crippen LogP contribution in [0, 0.1) is 5.92 Å². The summed E-state index contributed by atoms with van der Waals surface area (Å²) in [6, 6.07) is 5.98. The van der Waals surface area contributed by atoms with Gasteiger partial charge in [-0.2, -0.15) is 0 Å². The molecule has 0 radical (unpaired) electrons. The Bertz CT molecular complexity index is 1340. The zero-order valence-corrected chi connectivity index (χ0v) is 26.7. The molecule has 0 saturated heterocycles. The van der Waals surface area contributed by atoms with E-state index < -0.39 is 12.1 Å². The van der Waals surface area contributed by atoms with Gasteiger partial charge in [-0.25, -0.2) is 0 Å². The number of hydrogen-bond acceptors (Lipinski definition) is 8. The lowest BCUT2D eigenvalue weighted by atomic mass is 9.95. The van der Waals surface area contributed by atoms with Crippen molar-refractivity contribution in [3.63, 3.8) is 0 Å². The van der Waals surface area contributed by atoms with Crippen LogP contribution < -0.4 is 35.6 Å². The summed E-state index contributed by atoms with van der Waals surface area (Å²) in [4.78, 5) is 39.3. The first-order chi connectivity index (χ1) is 20.6. The number of carbonyl (C=O) groups excluding carboxylic acids is 2. The minimum atomic E-state index is -0.622. The molecule has 3 rings (SSSR count). The molecule has 0 fully saturated rings. The Balaban J connectivity index is 2.10. The van der Waals surface area contributed by atoms with Gasteiger partial charge >= 0.3 is 0 Å². The van der Waals surface area contributed by atoms with Crippen molar-refractivity contribution in [3.8, 4) is 28.4 Å². The predicted molar refractivity (Wildman–Crippen MR) is 168 cm³/mol. The smallest absolute Gasteiger partial charge is 0.242 e. The molecule has 10 nitrogen and oxygen atoms in total. The molecule has 0 heterocycles. The molecular formula is C33H47N3O7. The van der Waals surface area contributed by atoms with Crippen molar-refractivity contribution in [2.45, 2.75) is 78.5 Å². The zero-order chi connectivity index (χ0) is 31.7. The van der Waals surface area contributed by atoms with Crippen LogP contribution in [0.2, 0.25) is 0 Å². The van der Waals surface area contributed by atoms with Gasteiger partial charge in [-0.1, -0.05) is 26.3 Å². The van der Waals surface area contributed by atoms with Crippen molar-refractivity contribution in [1.82, 2.24) is 10.6 Å². The van der Waals surface area contributed by atoms with Gasteiger partial charge in [0.05, 0.1) is 39.2 Å². The van der Waals surface area contributed by atoms with Gasteiger partial charge in [-0.3, -0.25) is 14.4 Å². The second-order valence-corrected chi connectivity index (χ2v) is 11.2. The van der Waals surface area contributed by atoms with Gasteiger partial charge in [0.2, 0.25) is 23.0 Å². The largest absolute Gasteiger partial charge is 0.493 e. The maximum atomic E-state index is 13.8. The highest BCUT2D eigenvalue weighted by Gasteiger charge is 2.30. The van der Waals surface area contributed by atoms with Crippen LogP contribution in [0.5, 0.6) is 17.2 Å². The molecule has 0 bridgehead atoms. The SMILES string of the molecule is CC[C@H](C)[C@H](Nc1ccc2c(cc1=O)[C@H](NC(C)=O)CCc1cc(OC)c(OC)c(OC)c1-2)C(=O)NCCCOC(C)C. The Labute approximate surface area is 254 Å². The summed E-state index contributed by atoms with van der Waals surface area (Å²) in [5.41, 5.74) is 3.10. The number of ether oxygens (including phenoxy) is 4. The molecule has 236 valence electrons. The highest BCUT2D eigenvalue weighted by molar-refractivity contribution is 5.86. The number of amides is 2. The van der Waals surface area contributed by atoms with E-state index in [4.69, 9.17) is 18.9 Å². The van der Waals surface area contributed by atoms with Crippen molar-refractivity contribution in [2.75, 3.05) is 39.8 Å². The normalized spacial score (nSPS) is 15.3. The first-order valence-electron chi connectivity index (χ1n) is 15.0. The van der Waals surface area contributed by atoms with Gasteiger partial charge < -0.3 is 34.9 Å². The number of anilines is 1. The second-order valence-electron chi connectivity index (χ2n) is 11.2. The van der Waals surface area contributed by atoms with E-state index in [-0.39, 0.29) is 29.3 Å². The van der Waals surface area contributed by atoms with Crippen LogP contribution in [0.15, 0.2) is 29.1 Å². The third-order valence-corrected chi connectivity index (χ3v) is 7.79. The molecule has 0 unspecified atom stereocenters. The van der Waals surface area contributed by atoms with Crippen LogP contribution in [0.25, 0.3) is 11.1 Å². The molecule has 10 heteroatoms. The van der Waals surface area contributed by atoms with Crippen molar-refractivity contribution >= 4 is 17.5 Å². The van der Waals surface area contributed by atoms with E-state index in [1.54, 1.807) is 33.5 Å².